The number of likely N-dealkylation sites (tertiary alicyclic amines) is 1. The highest BCUT2D eigenvalue weighted by Gasteiger charge is 2.46. The Morgan fingerprint density at radius 1 is 1.60 bits per heavy atom. The van der Waals surface area contributed by atoms with Gasteiger partial charge in [-0.05, 0) is 20.8 Å². The Kier molecular flexibility index (Phi) is 3.29. The number of carbonyl (C=O) groups is 1. The van der Waals surface area contributed by atoms with Gasteiger partial charge in [-0.15, -0.1) is 0 Å². The van der Waals surface area contributed by atoms with Gasteiger partial charge in [0, 0.05) is 18.4 Å². The van der Waals surface area contributed by atoms with Crippen LogP contribution in [-0.2, 0) is 4.74 Å². The molecule has 4 nitrogen and oxygen atoms in total. The molecule has 0 saturated carbocycles. The third kappa shape index (κ3) is 2.85. The Balaban J connectivity index is 2.46. The lowest BCUT2D eigenvalue weighted by atomic mass is 9.84. The van der Waals surface area contributed by atoms with Gasteiger partial charge < -0.3 is 9.64 Å². The molecule has 0 aromatic heterocycles. The first kappa shape index (κ1) is 12.3. The van der Waals surface area contributed by atoms with Crippen LogP contribution in [0.2, 0.25) is 0 Å². The molecular formula is C10H15BrN2O2. The van der Waals surface area contributed by atoms with Crippen molar-refractivity contribution in [2.24, 2.45) is 5.41 Å². The minimum Gasteiger partial charge on any atom is -0.444 e. The third-order valence-corrected chi connectivity index (χ3v) is 3.21. The highest BCUT2D eigenvalue weighted by Crippen LogP contribution is 2.32. The van der Waals surface area contributed by atoms with Gasteiger partial charge in [0.1, 0.15) is 11.0 Å². The van der Waals surface area contributed by atoms with Gasteiger partial charge in [-0.25, -0.2) is 4.79 Å². The SMILES string of the molecule is CC(C)(C)OC(=O)N1CC(C#N)(CBr)C1. The first-order valence-corrected chi connectivity index (χ1v) is 5.89. The van der Waals surface area contributed by atoms with Crippen LogP contribution in [0.1, 0.15) is 20.8 Å². The Morgan fingerprint density at radius 2 is 2.13 bits per heavy atom. The maximum atomic E-state index is 11.5. The van der Waals surface area contributed by atoms with Crippen molar-refractivity contribution in [2.45, 2.75) is 26.4 Å². The van der Waals surface area contributed by atoms with Crippen LogP contribution in [-0.4, -0.2) is 35.0 Å². The van der Waals surface area contributed by atoms with Gasteiger partial charge in [-0.2, -0.15) is 5.26 Å². The summed E-state index contributed by atoms with van der Waals surface area (Å²) >= 11 is 3.28. The van der Waals surface area contributed by atoms with Crippen LogP contribution in [0.5, 0.6) is 0 Å². The molecule has 1 aliphatic heterocycles. The lowest BCUT2D eigenvalue weighted by Gasteiger charge is -2.44. The van der Waals surface area contributed by atoms with Crippen molar-refractivity contribution in [1.29, 1.82) is 5.26 Å². The van der Waals surface area contributed by atoms with E-state index in [1.165, 1.54) is 0 Å². The molecule has 0 spiro atoms. The lowest BCUT2D eigenvalue weighted by Crippen LogP contribution is -2.59. The molecule has 1 heterocycles. The van der Waals surface area contributed by atoms with Crippen LogP contribution in [0.3, 0.4) is 0 Å². The van der Waals surface area contributed by atoms with E-state index in [-0.39, 0.29) is 6.09 Å². The highest BCUT2D eigenvalue weighted by atomic mass is 79.9. The lowest BCUT2D eigenvalue weighted by molar-refractivity contribution is -0.0105. The molecule has 0 atom stereocenters. The van der Waals surface area contributed by atoms with Crippen LogP contribution in [0.15, 0.2) is 0 Å². The molecule has 1 amide bonds. The van der Waals surface area contributed by atoms with E-state index < -0.39 is 11.0 Å². The topological polar surface area (TPSA) is 53.3 Å². The second-order valence-electron chi connectivity index (χ2n) is 4.86. The summed E-state index contributed by atoms with van der Waals surface area (Å²) in [6, 6.07) is 2.22. The number of alkyl halides is 1. The van der Waals surface area contributed by atoms with E-state index in [9.17, 15) is 4.79 Å². The van der Waals surface area contributed by atoms with Gasteiger partial charge in [0.2, 0.25) is 0 Å². The average molecular weight is 275 g/mol. The zero-order valence-electron chi connectivity index (χ0n) is 9.21. The predicted octanol–water partition coefficient (Wildman–Crippen LogP) is 2.14. The Bertz CT molecular complexity index is 298. The largest absolute Gasteiger partial charge is 0.444 e. The van der Waals surface area contributed by atoms with Crippen LogP contribution in [0, 0.1) is 16.7 Å². The molecule has 0 unspecified atom stereocenters. The average Bonchev–Trinajstić information content (AvgIpc) is 2.00. The summed E-state index contributed by atoms with van der Waals surface area (Å²) in [5.41, 5.74) is -0.896. The maximum Gasteiger partial charge on any atom is 0.410 e. The zero-order chi connectivity index (χ0) is 11.7. The van der Waals surface area contributed by atoms with Gasteiger partial charge in [0.15, 0.2) is 0 Å². The Hall–Kier alpha value is -0.760. The third-order valence-electron chi connectivity index (χ3n) is 2.13. The molecule has 84 valence electrons. The van der Waals surface area contributed by atoms with E-state index >= 15 is 0 Å². The normalized spacial score (nSPS) is 19.0. The number of hydrogen-bond acceptors (Lipinski definition) is 3. The molecule has 1 rings (SSSR count). The quantitative estimate of drug-likeness (QED) is 0.689. The van der Waals surface area contributed by atoms with Crippen LogP contribution < -0.4 is 0 Å². The second-order valence-corrected chi connectivity index (χ2v) is 5.42. The minimum atomic E-state index is -0.476. The molecule has 0 aromatic carbocycles. The predicted molar refractivity (Wildman–Crippen MR) is 59.6 cm³/mol. The van der Waals surface area contributed by atoms with Gasteiger partial charge in [-0.3, -0.25) is 0 Å². The van der Waals surface area contributed by atoms with Crippen molar-refractivity contribution >= 4 is 22.0 Å². The summed E-state index contributed by atoms with van der Waals surface area (Å²) in [5.74, 6) is 0. The van der Waals surface area contributed by atoms with Crippen molar-refractivity contribution < 1.29 is 9.53 Å². The first-order chi connectivity index (χ1) is 6.82. The van der Waals surface area contributed by atoms with Crippen LogP contribution in [0.25, 0.3) is 0 Å². The smallest absolute Gasteiger partial charge is 0.410 e. The van der Waals surface area contributed by atoms with E-state index in [1.807, 2.05) is 20.8 Å². The fraction of sp³-hybridized carbons (Fsp3) is 0.800. The number of nitriles is 1. The minimum absolute atomic E-state index is 0.339. The number of carbonyl (C=O) groups excluding carboxylic acids is 1. The summed E-state index contributed by atoms with van der Waals surface area (Å²) in [7, 11) is 0. The molecule has 1 fully saturated rings. The van der Waals surface area contributed by atoms with Crippen molar-refractivity contribution in [3.63, 3.8) is 0 Å². The monoisotopic (exact) mass is 274 g/mol. The number of halogens is 1. The number of rotatable bonds is 1. The van der Waals surface area contributed by atoms with Crippen molar-refractivity contribution in [3.05, 3.63) is 0 Å². The van der Waals surface area contributed by atoms with Crippen molar-refractivity contribution in [3.8, 4) is 6.07 Å². The number of amides is 1. The van der Waals surface area contributed by atoms with Crippen LogP contribution >= 0.6 is 15.9 Å². The number of hydrogen-bond donors (Lipinski definition) is 0. The van der Waals surface area contributed by atoms with E-state index in [2.05, 4.69) is 22.0 Å². The van der Waals surface area contributed by atoms with Gasteiger partial charge in [0.25, 0.3) is 0 Å². The maximum absolute atomic E-state index is 11.5. The standard InChI is InChI=1S/C10H15BrN2O2/c1-9(2,3)15-8(14)13-6-10(4-11,5-12)7-13/h4,6-7H2,1-3H3. The fourth-order valence-electron chi connectivity index (χ4n) is 1.33. The molecule has 0 bridgehead atoms. The summed E-state index contributed by atoms with van der Waals surface area (Å²) in [6.07, 6.45) is -0.339. The van der Waals surface area contributed by atoms with Crippen LogP contribution in [0.4, 0.5) is 4.79 Å². The summed E-state index contributed by atoms with van der Waals surface area (Å²) < 4.78 is 5.19. The molecular weight excluding hydrogens is 260 g/mol. The molecule has 0 aliphatic carbocycles. The van der Waals surface area contributed by atoms with Gasteiger partial charge in [-0.1, -0.05) is 15.9 Å². The van der Waals surface area contributed by atoms with E-state index in [1.54, 1.807) is 4.90 Å². The fourth-order valence-corrected chi connectivity index (χ4v) is 1.81. The molecule has 15 heavy (non-hydrogen) atoms. The van der Waals surface area contributed by atoms with Gasteiger partial charge >= 0.3 is 6.09 Å². The van der Waals surface area contributed by atoms with E-state index in [0.29, 0.717) is 18.4 Å². The first-order valence-electron chi connectivity index (χ1n) is 4.77. The van der Waals surface area contributed by atoms with E-state index in [0.717, 1.165) is 0 Å². The molecule has 0 aromatic rings. The zero-order valence-corrected chi connectivity index (χ0v) is 10.8. The highest BCUT2D eigenvalue weighted by molar-refractivity contribution is 9.09. The molecule has 1 aliphatic rings. The molecule has 0 N–H and O–H groups in total. The van der Waals surface area contributed by atoms with E-state index in [4.69, 9.17) is 10.00 Å². The summed E-state index contributed by atoms with van der Waals surface area (Å²) in [5, 5.41) is 9.50. The Labute approximate surface area is 98.3 Å². The summed E-state index contributed by atoms with van der Waals surface area (Å²) in [6.45, 7) is 6.37. The second kappa shape index (κ2) is 4.01. The molecule has 5 heteroatoms. The number of ether oxygens (including phenoxy) is 1. The number of nitrogens with zero attached hydrogens (tertiary/aromatic N) is 2. The summed E-state index contributed by atoms with van der Waals surface area (Å²) in [4.78, 5) is 13.1. The van der Waals surface area contributed by atoms with Gasteiger partial charge in [0.05, 0.1) is 6.07 Å². The van der Waals surface area contributed by atoms with Crippen molar-refractivity contribution in [1.82, 2.24) is 4.90 Å². The van der Waals surface area contributed by atoms with Crippen molar-refractivity contribution in [2.75, 3.05) is 18.4 Å². The molecule has 0 radical (unpaired) electrons. The Morgan fingerprint density at radius 3 is 2.47 bits per heavy atom. The molecule has 1 saturated heterocycles.